The molecule has 0 aromatic carbocycles. The van der Waals surface area contributed by atoms with Crippen LogP contribution in [-0.4, -0.2) is 24.3 Å². The van der Waals surface area contributed by atoms with Gasteiger partial charge in [0.15, 0.2) is 0 Å². The fourth-order valence-corrected chi connectivity index (χ4v) is 1.18. The quantitative estimate of drug-likeness (QED) is 0.802. The van der Waals surface area contributed by atoms with Crippen LogP contribution in [0.15, 0.2) is 0 Å². The monoisotopic (exact) mass is 276 g/mol. The summed E-state index contributed by atoms with van der Waals surface area (Å²) in [7, 11) is 0. The van der Waals surface area contributed by atoms with Gasteiger partial charge < -0.3 is 5.32 Å². The van der Waals surface area contributed by atoms with Crippen LogP contribution in [-0.2, 0) is 4.79 Å². The summed E-state index contributed by atoms with van der Waals surface area (Å²) >= 11 is 0. The lowest BCUT2D eigenvalue weighted by Crippen LogP contribution is -2.50. The maximum absolute atomic E-state index is 12.2. The standard InChI is InChI=1S/C9H10F6N2O/c1-2-5(3-4-16)17-7(18)6(8(10,11)12)9(13,14)15/h5-6H,2-3H2,1H3,(H,17,18). The molecule has 0 rings (SSSR count). The molecule has 0 aromatic heterocycles. The van der Waals surface area contributed by atoms with Gasteiger partial charge in [-0.3, -0.25) is 4.79 Å². The zero-order chi connectivity index (χ0) is 14.6. The van der Waals surface area contributed by atoms with Crippen LogP contribution in [0.3, 0.4) is 0 Å². The molecule has 0 aliphatic rings. The molecule has 0 aliphatic heterocycles. The smallest absolute Gasteiger partial charge is 0.352 e. The topological polar surface area (TPSA) is 52.9 Å². The maximum atomic E-state index is 12.2. The van der Waals surface area contributed by atoms with Crippen molar-refractivity contribution in [2.75, 3.05) is 0 Å². The van der Waals surface area contributed by atoms with Crippen molar-refractivity contribution in [1.82, 2.24) is 5.32 Å². The highest BCUT2D eigenvalue weighted by Crippen LogP contribution is 2.39. The highest BCUT2D eigenvalue weighted by atomic mass is 19.4. The number of halogens is 6. The molecule has 3 nitrogen and oxygen atoms in total. The largest absolute Gasteiger partial charge is 0.409 e. The van der Waals surface area contributed by atoms with E-state index in [4.69, 9.17) is 5.26 Å². The number of nitrogens with one attached hydrogen (secondary N) is 1. The third-order valence-electron chi connectivity index (χ3n) is 2.09. The molecule has 0 heterocycles. The van der Waals surface area contributed by atoms with Crippen molar-refractivity contribution in [2.45, 2.75) is 38.2 Å². The lowest BCUT2D eigenvalue weighted by atomic mass is 10.1. The van der Waals surface area contributed by atoms with Crippen molar-refractivity contribution < 1.29 is 31.1 Å². The van der Waals surface area contributed by atoms with E-state index < -0.39 is 30.2 Å². The van der Waals surface area contributed by atoms with Crippen molar-refractivity contribution in [2.24, 2.45) is 5.92 Å². The summed E-state index contributed by atoms with van der Waals surface area (Å²) in [6.07, 6.45) is -11.7. The molecule has 0 spiro atoms. The van der Waals surface area contributed by atoms with Crippen LogP contribution in [0.1, 0.15) is 19.8 Å². The van der Waals surface area contributed by atoms with E-state index in [1.165, 1.54) is 6.92 Å². The second-order valence-electron chi connectivity index (χ2n) is 3.49. The van der Waals surface area contributed by atoms with E-state index >= 15 is 0 Å². The average Bonchev–Trinajstić information content (AvgIpc) is 2.11. The third-order valence-corrected chi connectivity index (χ3v) is 2.09. The van der Waals surface area contributed by atoms with Crippen molar-refractivity contribution in [1.29, 1.82) is 5.26 Å². The van der Waals surface area contributed by atoms with E-state index in [1.807, 2.05) is 0 Å². The molecule has 0 aromatic rings. The number of amides is 1. The molecule has 0 radical (unpaired) electrons. The normalized spacial score (nSPS) is 14.2. The first kappa shape index (κ1) is 16.5. The van der Waals surface area contributed by atoms with Gasteiger partial charge in [0.2, 0.25) is 11.8 Å². The van der Waals surface area contributed by atoms with Crippen LogP contribution in [0.4, 0.5) is 26.3 Å². The molecule has 9 heteroatoms. The number of nitrogens with zero attached hydrogens (tertiary/aromatic N) is 1. The van der Waals surface area contributed by atoms with Crippen LogP contribution in [0.25, 0.3) is 0 Å². The molecular weight excluding hydrogens is 266 g/mol. The number of nitriles is 1. The van der Waals surface area contributed by atoms with Crippen molar-refractivity contribution in [3.8, 4) is 6.07 Å². The Labute approximate surface area is 98.8 Å². The van der Waals surface area contributed by atoms with Crippen LogP contribution >= 0.6 is 0 Å². The lowest BCUT2D eigenvalue weighted by molar-refractivity contribution is -0.274. The van der Waals surface area contributed by atoms with Gasteiger partial charge in [-0.05, 0) is 6.42 Å². The van der Waals surface area contributed by atoms with Gasteiger partial charge in [-0.25, -0.2) is 0 Å². The predicted molar refractivity (Wildman–Crippen MR) is 48.1 cm³/mol. The molecule has 0 bridgehead atoms. The Kier molecular flexibility index (Phi) is 5.45. The Morgan fingerprint density at radius 3 is 1.94 bits per heavy atom. The van der Waals surface area contributed by atoms with Crippen LogP contribution < -0.4 is 5.32 Å². The summed E-state index contributed by atoms with van der Waals surface area (Å²) in [5.74, 6) is -6.25. The molecular formula is C9H10F6N2O. The summed E-state index contributed by atoms with van der Waals surface area (Å²) in [6, 6.07) is 0.531. The summed E-state index contributed by atoms with van der Waals surface area (Å²) in [5, 5.41) is 9.87. The zero-order valence-corrected chi connectivity index (χ0v) is 9.19. The summed E-state index contributed by atoms with van der Waals surface area (Å²) < 4.78 is 73.0. The first-order valence-corrected chi connectivity index (χ1v) is 4.84. The summed E-state index contributed by atoms with van der Waals surface area (Å²) in [5.41, 5.74) is 0. The number of rotatable bonds is 4. The Hall–Kier alpha value is -1.46. The number of carbonyl (C=O) groups excluding carboxylic acids is 1. The van der Waals surface area contributed by atoms with Crippen molar-refractivity contribution >= 4 is 5.91 Å². The molecule has 1 N–H and O–H groups in total. The molecule has 1 unspecified atom stereocenters. The Balaban J connectivity index is 4.96. The molecule has 18 heavy (non-hydrogen) atoms. The molecule has 0 saturated carbocycles. The Bertz CT molecular complexity index is 315. The second-order valence-corrected chi connectivity index (χ2v) is 3.49. The Morgan fingerprint density at radius 1 is 1.22 bits per heavy atom. The highest BCUT2D eigenvalue weighted by Gasteiger charge is 2.61. The van der Waals surface area contributed by atoms with Crippen LogP contribution in [0.5, 0.6) is 0 Å². The van der Waals surface area contributed by atoms with Crippen LogP contribution in [0, 0.1) is 17.2 Å². The minimum absolute atomic E-state index is 0.0573. The number of carbonyl (C=O) groups is 1. The number of hydrogen-bond acceptors (Lipinski definition) is 2. The zero-order valence-electron chi connectivity index (χ0n) is 9.19. The van der Waals surface area contributed by atoms with E-state index in [-0.39, 0.29) is 12.8 Å². The van der Waals surface area contributed by atoms with Crippen LogP contribution in [0.2, 0.25) is 0 Å². The number of alkyl halides is 6. The third kappa shape index (κ3) is 4.81. The summed E-state index contributed by atoms with van der Waals surface area (Å²) in [4.78, 5) is 11.0. The van der Waals surface area contributed by atoms with Gasteiger partial charge in [0, 0.05) is 6.04 Å². The van der Waals surface area contributed by atoms with Crippen molar-refractivity contribution in [3.05, 3.63) is 0 Å². The second kappa shape index (κ2) is 5.93. The van der Waals surface area contributed by atoms with Gasteiger partial charge in [-0.2, -0.15) is 31.6 Å². The molecule has 1 amide bonds. The minimum Gasteiger partial charge on any atom is -0.352 e. The SMILES string of the molecule is CCC(CC#N)NC(=O)C(C(F)(F)F)C(F)(F)F. The molecule has 0 aliphatic carbocycles. The average molecular weight is 276 g/mol. The highest BCUT2D eigenvalue weighted by molar-refractivity contribution is 5.80. The minimum atomic E-state index is -5.72. The van der Waals surface area contributed by atoms with Gasteiger partial charge in [-0.1, -0.05) is 6.92 Å². The molecule has 0 fully saturated rings. The van der Waals surface area contributed by atoms with Gasteiger partial charge >= 0.3 is 12.4 Å². The molecule has 104 valence electrons. The summed E-state index contributed by atoms with van der Waals surface area (Å²) in [6.45, 7) is 1.43. The van der Waals surface area contributed by atoms with Gasteiger partial charge in [0.25, 0.3) is 0 Å². The predicted octanol–water partition coefficient (Wildman–Crippen LogP) is 2.54. The van der Waals surface area contributed by atoms with E-state index in [2.05, 4.69) is 0 Å². The first-order chi connectivity index (χ1) is 8.04. The van der Waals surface area contributed by atoms with E-state index in [0.29, 0.717) is 0 Å². The fraction of sp³-hybridized carbons (Fsp3) is 0.778. The number of hydrogen-bond donors (Lipinski definition) is 1. The van der Waals surface area contributed by atoms with Gasteiger partial charge in [0.05, 0.1) is 12.5 Å². The Morgan fingerprint density at radius 2 is 1.67 bits per heavy atom. The molecule has 1 atom stereocenters. The van der Waals surface area contributed by atoms with Gasteiger partial charge in [0.1, 0.15) is 0 Å². The fourth-order valence-electron chi connectivity index (χ4n) is 1.18. The lowest BCUT2D eigenvalue weighted by Gasteiger charge is -2.24. The van der Waals surface area contributed by atoms with E-state index in [0.717, 1.165) is 0 Å². The van der Waals surface area contributed by atoms with E-state index in [9.17, 15) is 31.1 Å². The van der Waals surface area contributed by atoms with E-state index in [1.54, 1.807) is 11.4 Å². The first-order valence-electron chi connectivity index (χ1n) is 4.84. The molecule has 0 saturated heterocycles. The maximum Gasteiger partial charge on any atom is 0.409 e. The van der Waals surface area contributed by atoms with Crippen molar-refractivity contribution in [3.63, 3.8) is 0 Å². The van der Waals surface area contributed by atoms with Gasteiger partial charge in [-0.15, -0.1) is 0 Å².